The van der Waals surface area contributed by atoms with Crippen LogP contribution in [0.25, 0.3) is 0 Å². The SMILES string of the molecule is CCNC(c1cncc(C)c1)C1CCCC(C(F)(F)F)C1. The molecule has 0 bridgehead atoms. The van der Waals surface area contributed by atoms with E-state index in [1.54, 1.807) is 12.4 Å². The van der Waals surface area contributed by atoms with Crippen LogP contribution in [0.5, 0.6) is 0 Å². The number of rotatable bonds is 4. The quantitative estimate of drug-likeness (QED) is 0.891. The fourth-order valence-corrected chi connectivity index (χ4v) is 3.35. The van der Waals surface area contributed by atoms with Gasteiger partial charge in [0, 0.05) is 18.4 Å². The molecule has 118 valence electrons. The Kier molecular flexibility index (Phi) is 5.25. The van der Waals surface area contributed by atoms with Crippen molar-refractivity contribution in [3.63, 3.8) is 0 Å². The third-order valence-electron chi connectivity index (χ3n) is 4.33. The number of nitrogens with one attached hydrogen (secondary N) is 1. The van der Waals surface area contributed by atoms with Crippen molar-refractivity contribution in [3.05, 3.63) is 29.6 Å². The second-order valence-electron chi connectivity index (χ2n) is 6.00. The van der Waals surface area contributed by atoms with E-state index in [4.69, 9.17) is 0 Å². The first-order chi connectivity index (χ1) is 9.91. The Bertz CT molecular complexity index is 459. The largest absolute Gasteiger partial charge is 0.391 e. The van der Waals surface area contributed by atoms with Gasteiger partial charge in [-0.15, -0.1) is 0 Å². The molecule has 2 rings (SSSR count). The molecule has 3 atom stereocenters. The molecule has 1 fully saturated rings. The Morgan fingerprint density at radius 1 is 1.33 bits per heavy atom. The van der Waals surface area contributed by atoms with Gasteiger partial charge in [0.05, 0.1) is 5.92 Å². The summed E-state index contributed by atoms with van der Waals surface area (Å²) in [5.74, 6) is -1.14. The number of halogens is 3. The molecule has 1 aliphatic rings. The molecule has 21 heavy (non-hydrogen) atoms. The molecule has 0 aliphatic heterocycles. The maximum absolute atomic E-state index is 13.0. The molecule has 2 nitrogen and oxygen atoms in total. The van der Waals surface area contributed by atoms with Gasteiger partial charge in [0.2, 0.25) is 0 Å². The van der Waals surface area contributed by atoms with Gasteiger partial charge in [-0.1, -0.05) is 19.4 Å². The monoisotopic (exact) mass is 300 g/mol. The fraction of sp³-hybridized carbons (Fsp3) is 0.688. The molecule has 5 heteroatoms. The number of hydrogen-bond donors (Lipinski definition) is 1. The highest BCUT2D eigenvalue weighted by Crippen LogP contribution is 2.43. The van der Waals surface area contributed by atoms with Gasteiger partial charge in [0.1, 0.15) is 0 Å². The van der Waals surface area contributed by atoms with Crippen molar-refractivity contribution < 1.29 is 13.2 Å². The van der Waals surface area contributed by atoms with E-state index in [9.17, 15) is 13.2 Å². The van der Waals surface area contributed by atoms with Crippen molar-refractivity contribution in [2.75, 3.05) is 6.54 Å². The summed E-state index contributed by atoms with van der Waals surface area (Å²) in [6.07, 6.45) is 1.46. The van der Waals surface area contributed by atoms with Gasteiger partial charge in [-0.3, -0.25) is 4.98 Å². The summed E-state index contributed by atoms with van der Waals surface area (Å²) < 4.78 is 39.0. The summed E-state index contributed by atoms with van der Waals surface area (Å²) in [6, 6.07) is 1.99. The molecule has 1 aliphatic carbocycles. The lowest BCUT2D eigenvalue weighted by Gasteiger charge is -2.36. The van der Waals surface area contributed by atoms with Gasteiger partial charge in [-0.05, 0) is 49.8 Å². The predicted molar refractivity (Wildman–Crippen MR) is 76.9 cm³/mol. The molecule has 0 saturated heterocycles. The second-order valence-corrected chi connectivity index (χ2v) is 6.00. The summed E-state index contributed by atoms with van der Waals surface area (Å²) in [6.45, 7) is 4.69. The zero-order chi connectivity index (χ0) is 15.5. The number of hydrogen-bond acceptors (Lipinski definition) is 2. The van der Waals surface area contributed by atoms with E-state index < -0.39 is 12.1 Å². The first-order valence-corrected chi connectivity index (χ1v) is 7.63. The highest BCUT2D eigenvalue weighted by atomic mass is 19.4. The normalized spacial score (nSPS) is 24.8. The summed E-state index contributed by atoms with van der Waals surface area (Å²) in [4.78, 5) is 4.19. The Morgan fingerprint density at radius 3 is 2.71 bits per heavy atom. The number of aromatic nitrogens is 1. The van der Waals surface area contributed by atoms with Crippen molar-refractivity contribution >= 4 is 0 Å². The van der Waals surface area contributed by atoms with Gasteiger partial charge < -0.3 is 5.32 Å². The maximum atomic E-state index is 13.0. The minimum absolute atomic E-state index is 0.0222. The van der Waals surface area contributed by atoms with Crippen LogP contribution in [0.3, 0.4) is 0 Å². The number of pyridine rings is 1. The van der Waals surface area contributed by atoms with Crippen molar-refractivity contribution in [1.29, 1.82) is 0 Å². The average molecular weight is 300 g/mol. The Hall–Kier alpha value is -1.10. The third-order valence-corrected chi connectivity index (χ3v) is 4.33. The molecule has 1 heterocycles. The van der Waals surface area contributed by atoms with E-state index >= 15 is 0 Å². The molecule has 0 aromatic carbocycles. The molecule has 1 aromatic rings. The lowest BCUT2D eigenvalue weighted by Crippen LogP contribution is -2.35. The third kappa shape index (κ3) is 4.19. The van der Waals surface area contributed by atoms with Gasteiger partial charge >= 0.3 is 6.18 Å². The van der Waals surface area contributed by atoms with Crippen LogP contribution in [-0.2, 0) is 0 Å². The number of aryl methyl sites for hydroxylation is 1. The minimum Gasteiger partial charge on any atom is -0.310 e. The van der Waals surface area contributed by atoms with E-state index in [0.29, 0.717) is 6.42 Å². The summed E-state index contributed by atoms with van der Waals surface area (Å²) in [5, 5.41) is 3.36. The molecule has 1 aromatic heterocycles. The standard InChI is InChI=1S/C16H23F3N2/c1-3-21-15(13-7-11(2)9-20-10-13)12-5-4-6-14(8-12)16(17,18)19/h7,9-10,12,14-15,21H,3-6,8H2,1-2H3. The average Bonchev–Trinajstić information content (AvgIpc) is 2.44. The van der Waals surface area contributed by atoms with Crippen molar-refractivity contribution in [2.24, 2.45) is 11.8 Å². The highest BCUT2D eigenvalue weighted by Gasteiger charge is 2.43. The van der Waals surface area contributed by atoms with Crippen molar-refractivity contribution in [2.45, 2.75) is 51.7 Å². The first-order valence-electron chi connectivity index (χ1n) is 7.63. The van der Waals surface area contributed by atoms with Crippen LogP contribution in [-0.4, -0.2) is 17.7 Å². The van der Waals surface area contributed by atoms with Crippen molar-refractivity contribution in [3.8, 4) is 0 Å². The van der Waals surface area contributed by atoms with E-state index in [2.05, 4.69) is 10.3 Å². The van der Waals surface area contributed by atoms with Gasteiger partial charge in [0.25, 0.3) is 0 Å². The van der Waals surface area contributed by atoms with Crippen LogP contribution in [0.1, 0.15) is 49.8 Å². The van der Waals surface area contributed by atoms with E-state index in [1.165, 1.54) is 0 Å². The van der Waals surface area contributed by atoms with Crippen LogP contribution < -0.4 is 5.32 Å². The number of alkyl halides is 3. The smallest absolute Gasteiger partial charge is 0.310 e. The Balaban J connectivity index is 2.18. The molecule has 3 unspecified atom stereocenters. The molecular formula is C16H23F3N2. The second kappa shape index (κ2) is 6.77. The highest BCUT2D eigenvalue weighted by molar-refractivity contribution is 5.21. The summed E-state index contributed by atoms with van der Waals surface area (Å²) in [7, 11) is 0. The lowest BCUT2D eigenvalue weighted by molar-refractivity contribution is -0.186. The molecule has 1 N–H and O–H groups in total. The fourth-order valence-electron chi connectivity index (χ4n) is 3.35. The van der Waals surface area contributed by atoms with E-state index in [1.807, 2.05) is 19.9 Å². The molecule has 0 radical (unpaired) electrons. The van der Waals surface area contributed by atoms with Crippen molar-refractivity contribution in [1.82, 2.24) is 10.3 Å². The molecule has 0 amide bonds. The number of nitrogens with zero attached hydrogens (tertiary/aromatic N) is 1. The van der Waals surface area contributed by atoms with Crippen LogP contribution in [0.15, 0.2) is 18.5 Å². The van der Waals surface area contributed by atoms with E-state index in [-0.39, 0.29) is 24.8 Å². The zero-order valence-electron chi connectivity index (χ0n) is 12.6. The maximum Gasteiger partial charge on any atom is 0.391 e. The van der Waals surface area contributed by atoms with Gasteiger partial charge in [-0.2, -0.15) is 13.2 Å². The van der Waals surface area contributed by atoms with Gasteiger partial charge in [-0.25, -0.2) is 0 Å². The predicted octanol–water partition coefficient (Wildman–Crippen LogP) is 4.41. The zero-order valence-corrected chi connectivity index (χ0v) is 12.6. The topological polar surface area (TPSA) is 24.9 Å². The van der Waals surface area contributed by atoms with Crippen LogP contribution in [0.4, 0.5) is 13.2 Å². The molecule has 0 spiro atoms. The molecular weight excluding hydrogens is 277 g/mol. The first kappa shape index (κ1) is 16.3. The Labute approximate surface area is 124 Å². The Morgan fingerprint density at radius 2 is 2.10 bits per heavy atom. The summed E-state index contributed by atoms with van der Waals surface area (Å²) in [5.41, 5.74) is 2.04. The van der Waals surface area contributed by atoms with Gasteiger partial charge in [0.15, 0.2) is 0 Å². The van der Waals surface area contributed by atoms with Crippen LogP contribution in [0.2, 0.25) is 0 Å². The lowest BCUT2D eigenvalue weighted by atomic mass is 9.76. The summed E-state index contributed by atoms with van der Waals surface area (Å²) >= 11 is 0. The van der Waals surface area contributed by atoms with E-state index in [0.717, 1.165) is 24.1 Å². The molecule has 1 saturated carbocycles. The van der Waals surface area contributed by atoms with Crippen LogP contribution in [0, 0.1) is 18.8 Å². The van der Waals surface area contributed by atoms with Crippen LogP contribution >= 0.6 is 0 Å². The minimum atomic E-state index is -4.07.